The van der Waals surface area contributed by atoms with Gasteiger partial charge in [0, 0.05) is 37.3 Å². The van der Waals surface area contributed by atoms with Gasteiger partial charge in [-0.1, -0.05) is 6.07 Å². The van der Waals surface area contributed by atoms with Crippen LogP contribution in [0.4, 0.5) is 11.8 Å². The molecule has 0 bridgehead atoms. The number of nitrogen functional groups attached to an aromatic ring is 1. The van der Waals surface area contributed by atoms with Gasteiger partial charge in [-0.15, -0.1) is 11.3 Å². The zero-order valence-corrected chi connectivity index (χ0v) is 15.5. The number of anilines is 2. The standard InChI is InChI=1S/C18H23N5O2S/c19-15-3-6-20-17(21-15)22-7-4-18(5-8-22)13-23(9-10-25-18)16(24)12-14-2-1-11-26-14/h1-3,6,11H,4-5,7-10,12-13H2,(H2,19,20,21). The molecule has 0 aromatic carbocycles. The summed E-state index contributed by atoms with van der Waals surface area (Å²) in [5, 5.41) is 2.01. The van der Waals surface area contributed by atoms with Crippen molar-refractivity contribution in [3.8, 4) is 0 Å². The number of rotatable bonds is 3. The zero-order chi connectivity index (χ0) is 18.0. The molecule has 2 N–H and O–H groups in total. The van der Waals surface area contributed by atoms with Gasteiger partial charge < -0.3 is 20.3 Å². The number of morpholine rings is 1. The van der Waals surface area contributed by atoms with Crippen molar-refractivity contribution in [3.05, 3.63) is 34.7 Å². The highest BCUT2D eigenvalue weighted by Crippen LogP contribution is 2.31. The molecule has 1 amide bonds. The van der Waals surface area contributed by atoms with Crippen molar-refractivity contribution in [2.45, 2.75) is 24.9 Å². The number of carbonyl (C=O) groups excluding carboxylic acids is 1. The summed E-state index contributed by atoms with van der Waals surface area (Å²) in [6.45, 7) is 3.55. The summed E-state index contributed by atoms with van der Waals surface area (Å²) in [5.41, 5.74) is 5.51. The number of piperidine rings is 1. The first kappa shape index (κ1) is 17.2. The Labute approximate surface area is 156 Å². The van der Waals surface area contributed by atoms with Gasteiger partial charge in [-0.25, -0.2) is 4.98 Å². The SMILES string of the molecule is Nc1ccnc(N2CCC3(CC2)CN(C(=O)Cc2cccs2)CCO3)n1. The quantitative estimate of drug-likeness (QED) is 0.879. The topological polar surface area (TPSA) is 84.6 Å². The molecule has 138 valence electrons. The van der Waals surface area contributed by atoms with Crippen molar-refractivity contribution in [1.29, 1.82) is 0 Å². The Kier molecular flexibility index (Phi) is 4.78. The molecule has 2 saturated heterocycles. The minimum Gasteiger partial charge on any atom is -0.384 e. The smallest absolute Gasteiger partial charge is 0.228 e. The van der Waals surface area contributed by atoms with Crippen LogP contribution in [-0.4, -0.2) is 59.2 Å². The van der Waals surface area contributed by atoms with Gasteiger partial charge >= 0.3 is 0 Å². The molecule has 0 radical (unpaired) electrons. The van der Waals surface area contributed by atoms with E-state index in [0.29, 0.717) is 37.9 Å². The third kappa shape index (κ3) is 3.66. The normalized spacial score (nSPS) is 19.7. The molecule has 4 heterocycles. The number of aromatic nitrogens is 2. The van der Waals surface area contributed by atoms with Crippen LogP contribution in [0.1, 0.15) is 17.7 Å². The molecular formula is C18H23N5O2S. The first-order valence-electron chi connectivity index (χ1n) is 8.91. The van der Waals surface area contributed by atoms with Gasteiger partial charge in [0.05, 0.1) is 18.6 Å². The van der Waals surface area contributed by atoms with E-state index in [1.807, 2.05) is 22.4 Å². The fraction of sp³-hybridized carbons (Fsp3) is 0.500. The number of nitrogens with zero attached hydrogens (tertiary/aromatic N) is 4. The minimum atomic E-state index is -0.250. The van der Waals surface area contributed by atoms with Gasteiger partial charge in [0.2, 0.25) is 11.9 Å². The van der Waals surface area contributed by atoms with Crippen LogP contribution in [0.15, 0.2) is 29.8 Å². The van der Waals surface area contributed by atoms with Crippen molar-refractivity contribution in [2.75, 3.05) is 43.4 Å². The van der Waals surface area contributed by atoms with Crippen LogP contribution in [0.3, 0.4) is 0 Å². The molecule has 2 aliphatic rings. The first-order valence-corrected chi connectivity index (χ1v) is 9.79. The lowest BCUT2D eigenvalue weighted by Gasteiger charge is -2.47. The highest BCUT2D eigenvalue weighted by molar-refractivity contribution is 7.10. The summed E-state index contributed by atoms with van der Waals surface area (Å²) in [5.74, 6) is 1.34. The molecule has 0 aliphatic carbocycles. The second kappa shape index (κ2) is 7.20. The number of hydrogen-bond acceptors (Lipinski definition) is 7. The molecule has 8 heteroatoms. The molecule has 0 unspecified atom stereocenters. The molecule has 2 aromatic heterocycles. The summed E-state index contributed by atoms with van der Waals surface area (Å²) in [4.78, 5) is 26.5. The van der Waals surface area contributed by atoms with Crippen LogP contribution < -0.4 is 10.6 Å². The fourth-order valence-electron chi connectivity index (χ4n) is 3.66. The van der Waals surface area contributed by atoms with Crippen LogP contribution in [0, 0.1) is 0 Å². The number of amides is 1. The van der Waals surface area contributed by atoms with Gasteiger partial charge in [0.15, 0.2) is 0 Å². The summed E-state index contributed by atoms with van der Waals surface area (Å²) < 4.78 is 6.15. The number of hydrogen-bond donors (Lipinski definition) is 1. The first-order chi connectivity index (χ1) is 12.6. The molecule has 2 fully saturated rings. The largest absolute Gasteiger partial charge is 0.384 e. The molecule has 0 atom stereocenters. The van der Waals surface area contributed by atoms with Gasteiger partial charge in [-0.3, -0.25) is 4.79 Å². The Morgan fingerprint density at radius 2 is 2.15 bits per heavy atom. The predicted molar refractivity (Wildman–Crippen MR) is 101 cm³/mol. The van der Waals surface area contributed by atoms with Gasteiger partial charge in [-0.05, 0) is 30.4 Å². The number of nitrogens with two attached hydrogens (primary N) is 1. The van der Waals surface area contributed by atoms with Gasteiger partial charge in [-0.2, -0.15) is 4.98 Å². The van der Waals surface area contributed by atoms with Gasteiger partial charge in [0.25, 0.3) is 0 Å². The fourth-order valence-corrected chi connectivity index (χ4v) is 4.36. The Morgan fingerprint density at radius 3 is 2.88 bits per heavy atom. The van der Waals surface area contributed by atoms with Crippen LogP contribution in [0.2, 0.25) is 0 Å². The summed E-state index contributed by atoms with van der Waals surface area (Å²) in [6, 6.07) is 5.70. The monoisotopic (exact) mass is 373 g/mol. The number of thiophene rings is 1. The van der Waals surface area contributed by atoms with Crippen LogP contribution in [0.5, 0.6) is 0 Å². The Morgan fingerprint density at radius 1 is 1.31 bits per heavy atom. The van der Waals surface area contributed by atoms with Crippen molar-refractivity contribution in [1.82, 2.24) is 14.9 Å². The predicted octanol–water partition coefficient (Wildman–Crippen LogP) is 1.56. The van der Waals surface area contributed by atoms with E-state index in [1.54, 1.807) is 23.6 Å². The van der Waals surface area contributed by atoms with E-state index in [1.165, 1.54) is 0 Å². The van der Waals surface area contributed by atoms with Gasteiger partial charge in [0.1, 0.15) is 5.82 Å². The maximum atomic E-state index is 12.6. The Bertz CT molecular complexity index is 759. The van der Waals surface area contributed by atoms with Crippen molar-refractivity contribution < 1.29 is 9.53 Å². The summed E-state index contributed by atoms with van der Waals surface area (Å²) >= 11 is 1.63. The van der Waals surface area contributed by atoms with E-state index in [-0.39, 0.29) is 11.5 Å². The van der Waals surface area contributed by atoms with Crippen molar-refractivity contribution >= 4 is 29.0 Å². The lowest BCUT2D eigenvalue weighted by Crippen LogP contribution is -2.58. The maximum Gasteiger partial charge on any atom is 0.228 e. The second-order valence-corrected chi connectivity index (χ2v) is 7.90. The average molecular weight is 373 g/mol. The van der Waals surface area contributed by atoms with E-state index in [9.17, 15) is 4.79 Å². The maximum absolute atomic E-state index is 12.6. The van der Waals surface area contributed by atoms with Crippen molar-refractivity contribution in [3.63, 3.8) is 0 Å². The van der Waals surface area contributed by atoms with Crippen molar-refractivity contribution in [2.24, 2.45) is 0 Å². The Hall–Kier alpha value is -2.19. The molecule has 0 saturated carbocycles. The van der Waals surface area contributed by atoms with Crippen LogP contribution >= 0.6 is 11.3 Å². The average Bonchev–Trinajstić information content (AvgIpc) is 3.15. The highest BCUT2D eigenvalue weighted by atomic mass is 32.1. The summed E-state index contributed by atoms with van der Waals surface area (Å²) in [6.07, 6.45) is 3.88. The van der Waals surface area contributed by atoms with E-state index in [2.05, 4.69) is 14.9 Å². The van der Waals surface area contributed by atoms with Crippen LogP contribution in [0.25, 0.3) is 0 Å². The van der Waals surface area contributed by atoms with E-state index >= 15 is 0 Å². The molecule has 2 aromatic rings. The Balaban J connectivity index is 1.38. The molecule has 26 heavy (non-hydrogen) atoms. The van der Waals surface area contributed by atoms with Crippen LogP contribution in [-0.2, 0) is 16.0 Å². The minimum absolute atomic E-state index is 0.191. The molecular weight excluding hydrogens is 350 g/mol. The number of ether oxygens (including phenoxy) is 1. The lowest BCUT2D eigenvalue weighted by molar-refractivity contribution is -0.153. The van der Waals surface area contributed by atoms with E-state index in [0.717, 1.165) is 30.8 Å². The second-order valence-electron chi connectivity index (χ2n) is 6.87. The molecule has 7 nitrogen and oxygen atoms in total. The highest BCUT2D eigenvalue weighted by Gasteiger charge is 2.41. The third-order valence-electron chi connectivity index (χ3n) is 5.13. The lowest BCUT2D eigenvalue weighted by atomic mass is 9.89. The van der Waals surface area contributed by atoms with E-state index in [4.69, 9.17) is 10.5 Å². The molecule has 1 spiro atoms. The third-order valence-corrected chi connectivity index (χ3v) is 6.01. The summed E-state index contributed by atoms with van der Waals surface area (Å²) in [7, 11) is 0. The molecule has 4 rings (SSSR count). The van der Waals surface area contributed by atoms with E-state index < -0.39 is 0 Å². The zero-order valence-electron chi connectivity index (χ0n) is 14.6. The molecule has 2 aliphatic heterocycles. The number of carbonyl (C=O) groups is 1.